The first-order valence-corrected chi connectivity index (χ1v) is 12.6. The Morgan fingerprint density at radius 2 is 1.82 bits per heavy atom. The molecule has 0 spiro atoms. The van der Waals surface area contributed by atoms with Gasteiger partial charge in [0.2, 0.25) is 0 Å². The first-order valence-electron chi connectivity index (χ1n) is 12.3. The van der Waals surface area contributed by atoms with Crippen LogP contribution in [0.3, 0.4) is 0 Å². The van der Waals surface area contributed by atoms with Crippen LogP contribution in [0.15, 0.2) is 95.1 Å². The summed E-state index contributed by atoms with van der Waals surface area (Å²) < 4.78 is 49.1. The van der Waals surface area contributed by atoms with Crippen LogP contribution in [0.4, 0.5) is 13.2 Å². The number of ether oxygens (including phenoxy) is 2. The van der Waals surface area contributed by atoms with Crippen molar-refractivity contribution in [2.24, 2.45) is 5.16 Å². The zero-order chi connectivity index (χ0) is 28.7. The first-order chi connectivity index (χ1) is 19.2. The fraction of sp³-hybridized carbons (Fsp3) is 0.286. The van der Waals surface area contributed by atoms with Gasteiger partial charge in [-0.05, 0) is 35.9 Å². The minimum absolute atomic E-state index is 0.201. The molecular formula is C28H27ClF3N3O5. The Morgan fingerprint density at radius 3 is 2.48 bits per heavy atom. The van der Waals surface area contributed by atoms with E-state index in [-0.39, 0.29) is 6.42 Å². The van der Waals surface area contributed by atoms with Crippen LogP contribution in [-0.4, -0.2) is 71.8 Å². The number of rotatable bonds is 12. The molecule has 0 fully saturated rings. The van der Waals surface area contributed by atoms with Crippen molar-refractivity contribution in [3.05, 3.63) is 101 Å². The molecule has 0 radical (unpaired) electrons. The number of alkyl halides is 3. The summed E-state index contributed by atoms with van der Waals surface area (Å²) in [6, 6.07) is 16.1. The zero-order valence-electron chi connectivity index (χ0n) is 21.5. The molecule has 0 bridgehead atoms. The van der Waals surface area contributed by atoms with Crippen molar-refractivity contribution < 1.29 is 37.4 Å². The van der Waals surface area contributed by atoms with Gasteiger partial charge in [-0.2, -0.15) is 13.2 Å². The van der Waals surface area contributed by atoms with Gasteiger partial charge in [0.25, 0.3) is 0 Å². The SMILES string of the molecule is CON=C(C1=CC=C2C(=CCN2CCOc2ccc(CC(OCC(F)(F)F)C(=O)O)cc2)N1Cl)c1ccccc1. The van der Waals surface area contributed by atoms with E-state index >= 15 is 0 Å². The fourth-order valence-electron chi connectivity index (χ4n) is 4.23. The van der Waals surface area contributed by atoms with E-state index in [1.54, 1.807) is 28.7 Å². The molecule has 0 amide bonds. The molecule has 2 heterocycles. The van der Waals surface area contributed by atoms with Gasteiger partial charge >= 0.3 is 12.1 Å². The monoisotopic (exact) mass is 577 g/mol. The topological polar surface area (TPSA) is 83.8 Å². The van der Waals surface area contributed by atoms with E-state index < -0.39 is 24.9 Å². The number of hydrogen-bond donors (Lipinski definition) is 1. The van der Waals surface area contributed by atoms with E-state index in [9.17, 15) is 18.0 Å². The van der Waals surface area contributed by atoms with Gasteiger partial charge in [0.05, 0.1) is 23.6 Å². The Hall–Kier alpha value is -3.96. The van der Waals surface area contributed by atoms with Gasteiger partial charge in [-0.25, -0.2) is 9.21 Å². The number of nitrogens with zero attached hydrogens (tertiary/aromatic N) is 3. The Morgan fingerprint density at radius 1 is 1.10 bits per heavy atom. The molecule has 0 aliphatic carbocycles. The van der Waals surface area contributed by atoms with Crippen molar-refractivity contribution in [1.29, 1.82) is 0 Å². The van der Waals surface area contributed by atoms with E-state index in [4.69, 9.17) is 26.5 Å². The Bertz CT molecular complexity index is 1310. The Kier molecular flexibility index (Phi) is 9.38. The number of carboxylic acids is 1. The number of allylic oxidation sites excluding steroid dienone is 3. The van der Waals surface area contributed by atoms with Crippen LogP contribution in [0.5, 0.6) is 5.75 Å². The summed E-state index contributed by atoms with van der Waals surface area (Å²) in [5.74, 6) is -0.916. The number of carboxylic acid groups (broad SMARTS) is 1. The fourth-order valence-corrected chi connectivity index (χ4v) is 4.52. The molecular weight excluding hydrogens is 551 g/mol. The summed E-state index contributed by atoms with van der Waals surface area (Å²) in [4.78, 5) is 18.4. The van der Waals surface area contributed by atoms with E-state index in [1.165, 1.54) is 7.11 Å². The predicted octanol–water partition coefficient (Wildman–Crippen LogP) is 5.13. The predicted molar refractivity (Wildman–Crippen MR) is 143 cm³/mol. The summed E-state index contributed by atoms with van der Waals surface area (Å²) >= 11 is 6.73. The number of benzene rings is 2. The summed E-state index contributed by atoms with van der Waals surface area (Å²) in [5, 5.41) is 13.4. The number of aliphatic carboxylic acids is 1. The second kappa shape index (κ2) is 12.9. The van der Waals surface area contributed by atoms with Crippen LogP contribution < -0.4 is 4.74 Å². The molecule has 0 saturated heterocycles. The van der Waals surface area contributed by atoms with Crippen molar-refractivity contribution in [3.8, 4) is 5.75 Å². The van der Waals surface area contributed by atoms with Gasteiger partial charge in [-0.3, -0.25) is 0 Å². The first kappa shape index (κ1) is 29.0. The summed E-state index contributed by atoms with van der Waals surface area (Å²) in [6.45, 7) is -0.0817. The minimum atomic E-state index is -4.60. The maximum atomic E-state index is 12.4. The summed E-state index contributed by atoms with van der Waals surface area (Å²) in [6.07, 6.45) is -0.548. The third kappa shape index (κ3) is 7.36. The minimum Gasteiger partial charge on any atom is -0.492 e. The van der Waals surface area contributed by atoms with E-state index in [2.05, 4.69) is 14.8 Å². The van der Waals surface area contributed by atoms with Gasteiger partial charge < -0.3 is 24.3 Å². The lowest BCUT2D eigenvalue weighted by molar-refractivity contribution is -0.192. The number of carbonyl (C=O) groups is 1. The highest BCUT2D eigenvalue weighted by molar-refractivity contribution is 6.23. The molecule has 1 N–H and O–H groups in total. The lowest BCUT2D eigenvalue weighted by Gasteiger charge is -2.29. The van der Waals surface area contributed by atoms with E-state index in [0.29, 0.717) is 42.4 Å². The molecule has 12 heteroatoms. The van der Waals surface area contributed by atoms with E-state index in [0.717, 1.165) is 17.0 Å². The molecule has 4 rings (SSSR count). The summed E-state index contributed by atoms with van der Waals surface area (Å²) in [7, 11) is 1.48. The number of fused-ring (bicyclic) bond motifs is 1. The third-order valence-corrected chi connectivity index (χ3v) is 6.46. The maximum absolute atomic E-state index is 12.4. The maximum Gasteiger partial charge on any atom is 0.411 e. The smallest absolute Gasteiger partial charge is 0.411 e. The van der Waals surface area contributed by atoms with Crippen molar-refractivity contribution in [1.82, 2.24) is 9.32 Å². The van der Waals surface area contributed by atoms with Gasteiger partial charge in [0.1, 0.15) is 31.8 Å². The second-order valence-corrected chi connectivity index (χ2v) is 9.20. The third-order valence-electron chi connectivity index (χ3n) is 6.10. The Labute approximate surface area is 234 Å². The standard InChI is InChI=1S/C28H27ClF3N3O5/c1-38-33-26(20-5-3-2-4-6-20)24-12-11-22-23(35(24)29)13-14-34(22)15-16-39-21-9-7-19(8-10-21)17-25(27(36)37)40-18-28(30,31)32/h2-13,25H,14-18H2,1H3,(H,36,37). The highest BCUT2D eigenvalue weighted by Crippen LogP contribution is 2.35. The second-order valence-electron chi connectivity index (χ2n) is 8.86. The van der Waals surface area contributed by atoms with Crippen LogP contribution in [0.1, 0.15) is 11.1 Å². The summed E-state index contributed by atoms with van der Waals surface area (Å²) in [5.41, 5.74) is 4.41. The van der Waals surface area contributed by atoms with Crippen molar-refractivity contribution in [2.45, 2.75) is 18.7 Å². The number of hydrogen-bond acceptors (Lipinski definition) is 7. The lowest BCUT2D eigenvalue weighted by atomic mass is 10.0. The lowest BCUT2D eigenvalue weighted by Crippen LogP contribution is -2.31. The van der Waals surface area contributed by atoms with Gasteiger partial charge in [-0.1, -0.05) is 47.6 Å². The molecule has 2 aromatic carbocycles. The molecule has 0 saturated carbocycles. The van der Waals surface area contributed by atoms with Crippen molar-refractivity contribution in [3.63, 3.8) is 0 Å². The molecule has 212 valence electrons. The van der Waals surface area contributed by atoms with Gasteiger partial charge in [0, 0.05) is 30.3 Å². The van der Waals surface area contributed by atoms with Crippen LogP contribution in [0.2, 0.25) is 0 Å². The molecule has 0 aromatic heterocycles. The van der Waals surface area contributed by atoms with Crippen LogP contribution in [-0.2, 0) is 20.8 Å². The molecule has 1 atom stereocenters. The molecule has 40 heavy (non-hydrogen) atoms. The quantitative estimate of drug-likeness (QED) is 0.213. The normalized spacial score (nSPS) is 16.1. The molecule has 8 nitrogen and oxygen atoms in total. The average Bonchev–Trinajstić information content (AvgIpc) is 3.34. The Balaban J connectivity index is 1.33. The van der Waals surface area contributed by atoms with Gasteiger partial charge in [0.15, 0.2) is 6.10 Å². The average molecular weight is 578 g/mol. The van der Waals surface area contributed by atoms with Crippen LogP contribution >= 0.6 is 11.8 Å². The largest absolute Gasteiger partial charge is 0.492 e. The highest BCUT2D eigenvalue weighted by Gasteiger charge is 2.32. The molecule has 2 aliphatic heterocycles. The van der Waals surface area contributed by atoms with Crippen LogP contribution in [0.25, 0.3) is 0 Å². The van der Waals surface area contributed by atoms with Crippen LogP contribution in [0, 0.1) is 0 Å². The van der Waals surface area contributed by atoms with Crippen molar-refractivity contribution in [2.75, 3.05) is 33.4 Å². The molecule has 2 aromatic rings. The number of halogens is 4. The molecule has 1 unspecified atom stereocenters. The number of oxime groups is 1. The van der Waals surface area contributed by atoms with Crippen molar-refractivity contribution >= 4 is 23.5 Å². The van der Waals surface area contributed by atoms with E-state index in [1.807, 2.05) is 48.6 Å². The van der Waals surface area contributed by atoms with Gasteiger partial charge in [-0.15, -0.1) is 0 Å². The molecule has 2 aliphatic rings. The highest BCUT2D eigenvalue weighted by atomic mass is 35.5. The zero-order valence-corrected chi connectivity index (χ0v) is 22.2.